The maximum atomic E-state index is 11.7. The van der Waals surface area contributed by atoms with Crippen LogP contribution >= 0.6 is 0 Å². The van der Waals surface area contributed by atoms with Gasteiger partial charge in [-0.2, -0.15) is 0 Å². The Morgan fingerprint density at radius 2 is 1.12 bits per heavy atom. The monoisotopic (exact) mass is 468 g/mol. The van der Waals surface area contributed by atoms with Gasteiger partial charge in [-0.3, -0.25) is 0 Å². The van der Waals surface area contributed by atoms with Crippen molar-refractivity contribution in [1.82, 2.24) is 0 Å². The molecule has 182 valence electrons. The minimum Gasteiger partial charge on any atom is -0.495 e. The molecule has 2 rings (SSSR count). The van der Waals surface area contributed by atoms with Crippen molar-refractivity contribution in [2.45, 2.75) is 27.7 Å². The molecule has 34 heavy (non-hydrogen) atoms. The third-order valence-corrected chi connectivity index (χ3v) is 4.64. The average Bonchev–Trinajstić information content (AvgIpc) is 2.79. The van der Waals surface area contributed by atoms with Gasteiger partial charge < -0.3 is 29.6 Å². The van der Waals surface area contributed by atoms with E-state index in [1.807, 2.05) is 36.4 Å². The topological polar surface area (TPSA) is 95.1 Å². The molecule has 0 heterocycles. The molecule has 0 atom stereocenters. The van der Waals surface area contributed by atoms with Crippen molar-refractivity contribution < 1.29 is 28.5 Å². The number of anilines is 2. The van der Waals surface area contributed by atoms with E-state index in [1.54, 1.807) is 41.9 Å². The van der Waals surface area contributed by atoms with Crippen LogP contribution in [-0.2, 0) is 19.1 Å². The number of ether oxygens (including phenoxy) is 4. The summed E-state index contributed by atoms with van der Waals surface area (Å²) >= 11 is 0. The Labute approximate surface area is 200 Å². The van der Waals surface area contributed by atoms with Gasteiger partial charge in [-0.05, 0) is 63.1 Å². The third-order valence-electron chi connectivity index (χ3n) is 4.64. The Morgan fingerprint density at radius 3 is 1.44 bits per heavy atom. The van der Waals surface area contributed by atoms with Gasteiger partial charge in [0.05, 0.1) is 38.8 Å². The molecule has 0 saturated carbocycles. The smallest absolute Gasteiger partial charge is 0.332 e. The van der Waals surface area contributed by atoms with E-state index in [9.17, 15) is 9.59 Å². The Bertz CT molecular complexity index is 989. The lowest BCUT2D eigenvalue weighted by Crippen LogP contribution is -2.05. The molecule has 2 aromatic carbocycles. The Hall–Kier alpha value is -3.94. The fraction of sp³-hybridized carbons (Fsp3) is 0.308. The van der Waals surface area contributed by atoms with Crippen LogP contribution in [-0.4, -0.2) is 39.4 Å². The molecule has 0 amide bonds. The predicted octanol–water partition coefficient (Wildman–Crippen LogP) is 5.13. The first-order valence-electron chi connectivity index (χ1n) is 10.9. The Balaban J connectivity index is 2.27. The highest BCUT2D eigenvalue weighted by molar-refractivity contribution is 5.84. The number of nitrogens with one attached hydrogen (secondary N) is 2. The summed E-state index contributed by atoms with van der Waals surface area (Å²) in [5, 5.41) is 6.33. The molecule has 0 aliphatic heterocycles. The molecule has 8 heteroatoms. The molecule has 0 aromatic heterocycles. The summed E-state index contributed by atoms with van der Waals surface area (Å²) in [7, 11) is 3.17. The summed E-state index contributed by atoms with van der Waals surface area (Å²) < 4.78 is 21.0. The zero-order valence-electron chi connectivity index (χ0n) is 20.5. The summed E-state index contributed by atoms with van der Waals surface area (Å²) in [4.78, 5) is 23.3. The van der Waals surface area contributed by atoms with Crippen molar-refractivity contribution >= 4 is 23.3 Å². The lowest BCUT2D eigenvalue weighted by molar-refractivity contribution is -0.138. The van der Waals surface area contributed by atoms with Gasteiger partial charge in [-0.15, -0.1) is 0 Å². The minimum atomic E-state index is -0.406. The van der Waals surface area contributed by atoms with E-state index in [-0.39, 0.29) is 0 Å². The van der Waals surface area contributed by atoms with Crippen molar-refractivity contribution in [3.8, 4) is 22.6 Å². The van der Waals surface area contributed by atoms with Crippen LogP contribution in [0.3, 0.4) is 0 Å². The third kappa shape index (κ3) is 7.58. The highest BCUT2D eigenvalue weighted by Gasteiger charge is 2.11. The van der Waals surface area contributed by atoms with Gasteiger partial charge in [0.15, 0.2) is 0 Å². The molecule has 0 bridgehead atoms. The zero-order valence-corrected chi connectivity index (χ0v) is 20.5. The fourth-order valence-corrected chi connectivity index (χ4v) is 3.17. The quantitative estimate of drug-likeness (QED) is 0.346. The second-order valence-electron chi connectivity index (χ2n) is 7.24. The number of carbonyl (C=O) groups excluding carboxylic acids is 2. The fourth-order valence-electron chi connectivity index (χ4n) is 3.17. The first kappa shape index (κ1) is 26.3. The average molecular weight is 469 g/mol. The minimum absolute atomic E-state index is 0.319. The van der Waals surface area contributed by atoms with Gasteiger partial charge in [0.1, 0.15) is 11.5 Å². The lowest BCUT2D eigenvalue weighted by atomic mass is 10.0. The van der Waals surface area contributed by atoms with Crippen LogP contribution in [0.4, 0.5) is 11.4 Å². The van der Waals surface area contributed by atoms with Crippen molar-refractivity contribution in [2.24, 2.45) is 0 Å². The lowest BCUT2D eigenvalue weighted by Gasteiger charge is -2.15. The van der Waals surface area contributed by atoms with Crippen molar-refractivity contribution in [2.75, 3.05) is 38.1 Å². The summed E-state index contributed by atoms with van der Waals surface area (Å²) in [5.74, 6) is 0.416. The van der Waals surface area contributed by atoms with E-state index in [1.165, 1.54) is 12.2 Å². The highest BCUT2D eigenvalue weighted by atomic mass is 16.5. The molecule has 8 nitrogen and oxygen atoms in total. The number of hydrogen-bond acceptors (Lipinski definition) is 8. The maximum absolute atomic E-state index is 11.7. The standard InChI is InChI=1S/C26H32N2O6/c1-7-33-25(29)13-17(3)27-21-11-9-19(15-23(21)31-5)20-10-12-22(24(16-20)32-6)28-18(4)14-26(30)34-8-2/h9-16,27-28H,7-8H2,1-6H3/b17-13+,18-14+. The van der Waals surface area contributed by atoms with E-state index in [4.69, 9.17) is 18.9 Å². The number of carbonyl (C=O) groups is 2. The molecular formula is C26H32N2O6. The summed E-state index contributed by atoms with van der Waals surface area (Å²) in [6.07, 6.45) is 2.79. The first-order valence-corrected chi connectivity index (χ1v) is 10.9. The van der Waals surface area contributed by atoms with E-state index >= 15 is 0 Å². The molecule has 2 aromatic rings. The normalized spacial score (nSPS) is 11.5. The molecule has 0 aliphatic carbocycles. The van der Waals surface area contributed by atoms with Crippen LogP contribution in [0, 0.1) is 0 Å². The van der Waals surface area contributed by atoms with Crippen LogP contribution in [0.15, 0.2) is 59.9 Å². The van der Waals surface area contributed by atoms with Crippen LogP contribution < -0.4 is 20.1 Å². The molecule has 0 radical (unpaired) electrons. The number of hydrogen-bond donors (Lipinski definition) is 2. The van der Waals surface area contributed by atoms with Gasteiger partial charge >= 0.3 is 11.9 Å². The van der Waals surface area contributed by atoms with Crippen molar-refractivity contribution in [3.05, 3.63) is 59.9 Å². The Morgan fingerprint density at radius 1 is 0.735 bits per heavy atom. The van der Waals surface area contributed by atoms with Crippen LogP contribution in [0.2, 0.25) is 0 Å². The summed E-state index contributed by atoms with van der Waals surface area (Å²) in [6, 6.07) is 11.4. The molecular weight excluding hydrogens is 436 g/mol. The maximum Gasteiger partial charge on any atom is 0.332 e. The van der Waals surface area contributed by atoms with E-state index in [0.717, 1.165) is 11.1 Å². The van der Waals surface area contributed by atoms with Crippen molar-refractivity contribution in [1.29, 1.82) is 0 Å². The van der Waals surface area contributed by atoms with Crippen LogP contribution in [0.1, 0.15) is 27.7 Å². The predicted molar refractivity (Wildman–Crippen MR) is 133 cm³/mol. The van der Waals surface area contributed by atoms with Gasteiger partial charge in [0, 0.05) is 23.5 Å². The second-order valence-corrected chi connectivity index (χ2v) is 7.24. The molecule has 0 unspecified atom stereocenters. The van der Waals surface area contributed by atoms with Gasteiger partial charge in [0.25, 0.3) is 0 Å². The number of esters is 2. The number of allylic oxidation sites excluding steroid dienone is 2. The molecule has 2 N–H and O–H groups in total. The summed E-state index contributed by atoms with van der Waals surface area (Å²) in [6.45, 7) is 7.71. The number of benzene rings is 2. The number of methoxy groups -OCH3 is 2. The van der Waals surface area contributed by atoms with Crippen molar-refractivity contribution in [3.63, 3.8) is 0 Å². The molecule has 0 spiro atoms. The molecule has 0 aliphatic rings. The van der Waals surface area contributed by atoms with Gasteiger partial charge in [0.2, 0.25) is 0 Å². The number of rotatable bonds is 11. The Kier molecular flexibility index (Phi) is 10.0. The highest BCUT2D eigenvalue weighted by Crippen LogP contribution is 2.35. The largest absolute Gasteiger partial charge is 0.495 e. The summed E-state index contributed by atoms with van der Waals surface area (Å²) in [5.41, 5.74) is 4.53. The van der Waals surface area contributed by atoms with E-state index in [0.29, 0.717) is 47.5 Å². The van der Waals surface area contributed by atoms with Gasteiger partial charge in [-0.25, -0.2) is 9.59 Å². The first-order chi connectivity index (χ1) is 16.3. The van der Waals surface area contributed by atoms with Crippen LogP contribution in [0.25, 0.3) is 11.1 Å². The molecule has 0 fully saturated rings. The SMILES string of the molecule is CCOC(=O)/C=C(\C)Nc1ccc(-c2ccc(N/C(C)=C/C(=O)OCC)c(OC)c2)cc1OC. The molecule has 0 saturated heterocycles. The zero-order chi connectivity index (χ0) is 25.1. The second kappa shape index (κ2) is 12.9. The van der Waals surface area contributed by atoms with Crippen LogP contribution in [0.5, 0.6) is 11.5 Å². The van der Waals surface area contributed by atoms with E-state index < -0.39 is 11.9 Å². The van der Waals surface area contributed by atoms with E-state index in [2.05, 4.69) is 10.6 Å². The van der Waals surface area contributed by atoms with Gasteiger partial charge in [-0.1, -0.05) is 12.1 Å².